The van der Waals surface area contributed by atoms with Crippen LogP contribution >= 0.6 is 0 Å². The molecule has 12 heavy (non-hydrogen) atoms. The second-order valence-corrected chi connectivity index (χ2v) is 2.39. The first-order chi connectivity index (χ1) is 5.61. The zero-order chi connectivity index (χ0) is 9.14. The molecule has 5 nitrogen and oxygen atoms in total. The Morgan fingerprint density at radius 3 is 2.83 bits per heavy atom. The van der Waals surface area contributed by atoms with Crippen molar-refractivity contribution in [2.24, 2.45) is 11.5 Å². The molecule has 1 aliphatic carbocycles. The Morgan fingerprint density at radius 2 is 2.25 bits per heavy atom. The zero-order valence-electron chi connectivity index (χ0n) is 6.31. The number of nitro groups is 1. The summed E-state index contributed by atoms with van der Waals surface area (Å²) in [6.07, 6.45) is 6.01. The molecule has 0 aromatic carbocycles. The highest BCUT2D eigenvalue weighted by Gasteiger charge is 2.16. The van der Waals surface area contributed by atoms with E-state index in [-0.39, 0.29) is 11.4 Å². The van der Waals surface area contributed by atoms with Crippen LogP contribution < -0.4 is 11.5 Å². The van der Waals surface area contributed by atoms with Crippen LogP contribution in [-0.4, -0.2) is 11.0 Å². The first-order valence-corrected chi connectivity index (χ1v) is 3.37. The molecule has 0 heterocycles. The van der Waals surface area contributed by atoms with Crippen LogP contribution in [0.5, 0.6) is 0 Å². The summed E-state index contributed by atoms with van der Waals surface area (Å²) in [5.74, 6) is 0. The third-order valence-electron chi connectivity index (χ3n) is 1.45. The lowest BCUT2D eigenvalue weighted by atomic mass is 10.2. The molecule has 1 unspecified atom stereocenters. The van der Waals surface area contributed by atoms with Crippen LogP contribution in [0.2, 0.25) is 0 Å². The van der Waals surface area contributed by atoms with Gasteiger partial charge in [-0.15, -0.1) is 0 Å². The quantitative estimate of drug-likeness (QED) is 0.420. The van der Waals surface area contributed by atoms with Gasteiger partial charge in [0.25, 0.3) is 5.70 Å². The second kappa shape index (κ2) is 3.19. The molecule has 0 aromatic heterocycles. The van der Waals surface area contributed by atoms with Crippen molar-refractivity contribution in [2.75, 3.05) is 0 Å². The van der Waals surface area contributed by atoms with Crippen LogP contribution in [0.1, 0.15) is 0 Å². The Hall–Kier alpha value is -1.62. The lowest BCUT2D eigenvalue weighted by molar-refractivity contribution is -0.421. The molecule has 0 bridgehead atoms. The first-order valence-electron chi connectivity index (χ1n) is 3.37. The number of nitrogens with two attached hydrogens (primary N) is 2. The van der Waals surface area contributed by atoms with Gasteiger partial charge in [0, 0.05) is 12.1 Å². The summed E-state index contributed by atoms with van der Waals surface area (Å²) in [6, 6.07) is -0.442. The van der Waals surface area contributed by atoms with Crippen molar-refractivity contribution in [3.63, 3.8) is 0 Å². The van der Waals surface area contributed by atoms with Gasteiger partial charge < -0.3 is 11.5 Å². The molecule has 64 valence electrons. The third-order valence-corrected chi connectivity index (χ3v) is 1.45. The average Bonchev–Trinajstić information content (AvgIpc) is 2.13. The molecular weight excluding hydrogens is 158 g/mol. The lowest BCUT2D eigenvalue weighted by Gasteiger charge is -1.97. The van der Waals surface area contributed by atoms with E-state index in [1.807, 2.05) is 0 Å². The van der Waals surface area contributed by atoms with E-state index in [1.165, 1.54) is 12.2 Å². The van der Waals surface area contributed by atoms with Crippen LogP contribution in [0.25, 0.3) is 0 Å². The molecule has 1 rings (SSSR count). The molecule has 0 aliphatic heterocycles. The highest BCUT2D eigenvalue weighted by molar-refractivity contribution is 5.32. The maximum atomic E-state index is 10.4. The molecule has 0 amide bonds. The molecule has 5 heteroatoms. The summed E-state index contributed by atoms with van der Waals surface area (Å²) < 4.78 is 0. The van der Waals surface area contributed by atoms with Crippen LogP contribution in [0.15, 0.2) is 35.7 Å². The Labute approximate surface area is 69.2 Å². The van der Waals surface area contributed by atoms with Crippen LogP contribution in [-0.2, 0) is 0 Å². The summed E-state index contributed by atoms with van der Waals surface area (Å²) in [4.78, 5) is 9.85. The minimum atomic E-state index is -0.543. The summed E-state index contributed by atoms with van der Waals surface area (Å²) in [5.41, 5.74) is 10.9. The average molecular weight is 167 g/mol. The fourth-order valence-corrected chi connectivity index (χ4v) is 0.873. The van der Waals surface area contributed by atoms with Gasteiger partial charge in [-0.2, -0.15) is 0 Å². The third kappa shape index (κ3) is 1.70. The summed E-state index contributed by atoms with van der Waals surface area (Å²) in [6.45, 7) is 0. The SMILES string of the molecule is NC1=CC=CC(N)C=C1[N+](=O)[O-]. The van der Waals surface area contributed by atoms with Gasteiger partial charge in [-0.25, -0.2) is 0 Å². The van der Waals surface area contributed by atoms with Crippen LogP contribution in [0.3, 0.4) is 0 Å². The van der Waals surface area contributed by atoms with E-state index >= 15 is 0 Å². The predicted molar refractivity (Wildman–Crippen MR) is 44.5 cm³/mol. The minimum absolute atomic E-state index is 0.129. The Balaban J connectivity index is 3.04. The van der Waals surface area contributed by atoms with Gasteiger partial charge >= 0.3 is 0 Å². The molecule has 4 N–H and O–H groups in total. The van der Waals surface area contributed by atoms with Gasteiger partial charge in [0.15, 0.2) is 0 Å². The number of rotatable bonds is 1. The predicted octanol–water partition coefficient (Wildman–Crippen LogP) is -0.113. The van der Waals surface area contributed by atoms with Crippen LogP contribution in [0, 0.1) is 10.1 Å². The smallest absolute Gasteiger partial charge is 0.290 e. The summed E-state index contributed by atoms with van der Waals surface area (Å²) in [7, 11) is 0. The standard InChI is InChI=1S/C7H9N3O2/c8-5-2-1-3-6(9)7(4-5)10(11)12/h1-5H,8-9H2. The van der Waals surface area contributed by atoms with E-state index in [4.69, 9.17) is 11.5 Å². The minimum Gasteiger partial charge on any atom is -0.393 e. The van der Waals surface area contributed by atoms with E-state index < -0.39 is 11.0 Å². The molecule has 0 spiro atoms. The number of hydrogen-bond donors (Lipinski definition) is 2. The molecule has 0 saturated heterocycles. The fraction of sp³-hybridized carbons (Fsp3) is 0.143. The number of hydrogen-bond acceptors (Lipinski definition) is 4. The molecule has 1 atom stereocenters. The summed E-state index contributed by atoms with van der Waals surface area (Å²) >= 11 is 0. The van der Waals surface area contributed by atoms with Crippen molar-refractivity contribution < 1.29 is 4.92 Å². The normalized spacial score (nSPS) is 22.6. The van der Waals surface area contributed by atoms with E-state index in [0.29, 0.717) is 0 Å². The monoisotopic (exact) mass is 167 g/mol. The zero-order valence-corrected chi connectivity index (χ0v) is 6.31. The van der Waals surface area contributed by atoms with Crippen molar-refractivity contribution >= 4 is 0 Å². The Bertz CT molecular complexity index is 291. The van der Waals surface area contributed by atoms with E-state index in [2.05, 4.69) is 0 Å². The van der Waals surface area contributed by atoms with Gasteiger partial charge in [0.05, 0.1) is 4.92 Å². The van der Waals surface area contributed by atoms with Crippen molar-refractivity contribution in [2.45, 2.75) is 6.04 Å². The van der Waals surface area contributed by atoms with Gasteiger partial charge in [-0.3, -0.25) is 10.1 Å². The lowest BCUT2D eigenvalue weighted by Crippen LogP contribution is -2.17. The maximum Gasteiger partial charge on any atom is 0.290 e. The van der Waals surface area contributed by atoms with Crippen molar-refractivity contribution in [1.82, 2.24) is 0 Å². The highest BCUT2D eigenvalue weighted by Crippen LogP contribution is 2.09. The van der Waals surface area contributed by atoms with Crippen LogP contribution in [0.4, 0.5) is 0 Å². The van der Waals surface area contributed by atoms with Gasteiger partial charge in [-0.05, 0) is 6.08 Å². The van der Waals surface area contributed by atoms with Gasteiger partial charge in [-0.1, -0.05) is 12.2 Å². The fourth-order valence-electron chi connectivity index (χ4n) is 0.873. The molecule has 0 saturated carbocycles. The van der Waals surface area contributed by atoms with Gasteiger partial charge in [0.2, 0.25) is 0 Å². The van der Waals surface area contributed by atoms with Crippen molar-refractivity contribution in [1.29, 1.82) is 0 Å². The first kappa shape index (κ1) is 8.48. The largest absolute Gasteiger partial charge is 0.393 e. The Morgan fingerprint density at radius 1 is 1.58 bits per heavy atom. The van der Waals surface area contributed by atoms with Crippen molar-refractivity contribution in [3.8, 4) is 0 Å². The molecule has 0 fully saturated rings. The number of allylic oxidation sites excluding steroid dienone is 2. The second-order valence-electron chi connectivity index (χ2n) is 2.39. The van der Waals surface area contributed by atoms with Gasteiger partial charge in [0.1, 0.15) is 5.70 Å². The summed E-state index contributed by atoms with van der Waals surface area (Å²) in [5, 5.41) is 10.4. The Kier molecular flexibility index (Phi) is 2.25. The topological polar surface area (TPSA) is 95.2 Å². The number of nitrogens with zero attached hydrogens (tertiary/aromatic N) is 1. The molecule has 0 radical (unpaired) electrons. The maximum absolute atomic E-state index is 10.4. The molecule has 0 aromatic rings. The van der Waals surface area contributed by atoms with Crippen molar-refractivity contribution in [3.05, 3.63) is 45.8 Å². The van der Waals surface area contributed by atoms with E-state index in [1.54, 1.807) is 12.2 Å². The van der Waals surface area contributed by atoms with E-state index in [9.17, 15) is 10.1 Å². The molecular formula is C7H9N3O2. The van der Waals surface area contributed by atoms with E-state index in [0.717, 1.165) is 0 Å². The molecule has 1 aliphatic rings. The highest BCUT2D eigenvalue weighted by atomic mass is 16.6.